The lowest BCUT2D eigenvalue weighted by molar-refractivity contribution is -0.141. The number of nitriles is 1. The Labute approximate surface area is 118 Å². The number of sulfonamides is 1. The zero-order valence-corrected chi connectivity index (χ0v) is 12.2. The van der Waals surface area contributed by atoms with Crippen molar-refractivity contribution < 1.29 is 18.3 Å². The topological polar surface area (TPSA) is 107 Å². The third-order valence-corrected chi connectivity index (χ3v) is 4.12. The molecule has 0 radical (unpaired) electrons. The van der Waals surface area contributed by atoms with Crippen molar-refractivity contribution in [3.8, 4) is 6.07 Å². The molecule has 0 fully saturated rings. The molecule has 108 valence electrons. The first-order valence-corrected chi connectivity index (χ1v) is 7.31. The molecular weight excluding hydrogens is 280 g/mol. The molecule has 0 amide bonds. The van der Waals surface area contributed by atoms with Crippen molar-refractivity contribution in [3.63, 3.8) is 0 Å². The molecule has 0 saturated carbocycles. The van der Waals surface area contributed by atoms with Crippen LogP contribution in [0, 0.1) is 16.7 Å². The molecule has 2 N–H and O–H groups in total. The van der Waals surface area contributed by atoms with E-state index >= 15 is 0 Å². The van der Waals surface area contributed by atoms with E-state index in [-0.39, 0.29) is 4.90 Å². The average molecular weight is 296 g/mol. The highest BCUT2D eigenvalue weighted by Gasteiger charge is 2.35. The van der Waals surface area contributed by atoms with Gasteiger partial charge in [0.1, 0.15) is 6.04 Å². The molecule has 0 bridgehead atoms. The predicted molar refractivity (Wildman–Crippen MR) is 72.4 cm³/mol. The number of benzene rings is 1. The summed E-state index contributed by atoms with van der Waals surface area (Å²) in [5.41, 5.74) is -0.444. The lowest BCUT2D eigenvalue weighted by atomic mass is 9.88. The fraction of sp³-hybridized carbons (Fsp3) is 0.385. The average Bonchev–Trinajstić information content (AvgIpc) is 2.34. The Morgan fingerprint density at radius 2 is 1.80 bits per heavy atom. The summed E-state index contributed by atoms with van der Waals surface area (Å²) in [6.45, 7) is 4.90. The van der Waals surface area contributed by atoms with Crippen molar-refractivity contribution >= 4 is 16.0 Å². The number of nitrogens with one attached hydrogen (secondary N) is 1. The van der Waals surface area contributed by atoms with Crippen LogP contribution in [-0.2, 0) is 14.8 Å². The number of carbonyl (C=O) groups is 1. The maximum atomic E-state index is 12.1. The van der Waals surface area contributed by atoms with Crippen molar-refractivity contribution in [1.82, 2.24) is 4.72 Å². The lowest BCUT2D eigenvalue weighted by Gasteiger charge is -2.27. The van der Waals surface area contributed by atoms with Gasteiger partial charge in [0.05, 0.1) is 16.5 Å². The van der Waals surface area contributed by atoms with Crippen LogP contribution < -0.4 is 4.72 Å². The quantitative estimate of drug-likeness (QED) is 0.871. The summed E-state index contributed by atoms with van der Waals surface area (Å²) in [6, 6.07) is 5.89. The lowest BCUT2D eigenvalue weighted by Crippen LogP contribution is -2.48. The summed E-state index contributed by atoms with van der Waals surface area (Å²) in [6.07, 6.45) is 0. The van der Waals surface area contributed by atoms with E-state index in [1.165, 1.54) is 24.3 Å². The summed E-state index contributed by atoms with van der Waals surface area (Å²) in [7, 11) is -3.95. The molecule has 1 atom stereocenters. The molecule has 20 heavy (non-hydrogen) atoms. The monoisotopic (exact) mass is 296 g/mol. The molecule has 1 rings (SSSR count). The van der Waals surface area contributed by atoms with Gasteiger partial charge in [0.25, 0.3) is 0 Å². The van der Waals surface area contributed by atoms with E-state index in [4.69, 9.17) is 10.4 Å². The Morgan fingerprint density at radius 3 is 2.15 bits per heavy atom. The van der Waals surface area contributed by atoms with Gasteiger partial charge in [0.2, 0.25) is 10.0 Å². The zero-order valence-electron chi connectivity index (χ0n) is 11.4. The minimum atomic E-state index is -3.95. The highest BCUT2D eigenvalue weighted by molar-refractivity contribution is 7.89. The number of aliphatic carboxylic acids is 1. The van der Waals surface area contributed by atoms with Crippen molar-refractivity contribution in [1.29, 1.82) is 5.26 Å². The maximum Gasteiger partial charge on any atom is 0.322 e. The van der Waals surface area contributed by atoms with E-state index in [9.17, 15) is 13.2 Å². The molecule has 1 unspecified atom stereocenters. The van der Waals surface area contributed by atoms with Crippen molar-refractivity contribution in [2.75, 3.05) is 0 Å². The minimum absolute atomic E-state index is 0.0769. The number of nitrogens with zero attached hydrogens (tertiary/aromatic N) is 1. The largest absolute Gasteiger partial charge is 0.480 e. The Kier molecular flexibility index (Phi) is 4.53. The standard InChI is InChI=1S/C13H16N2O4S/c1-13(2,3)11(12(16)17)15-20(18,19)10-6-4-9(8-14)5-7-10/h4-7,11,15H,1-3H3,(H,16,17). The SMILES string of the molecule is CC(C)(C)C(NS(=O)(=O)c1ccc(C#N)cc1)C(=O)O. The molecule has 0 aromatic heterocycles. The van der Waals surface area contributed by atoms with E-state index in [2.05, 4.69) is 4.72 Å². The summed E-state index contributed by atoms with van der Waals surface area (Å²) >= 11 is 0. The Balaban J connectivity index is 3.10. The van der Waals surface area contributed by atoms with E-state index < -0.39 is 27.4 Å². The van der Waals surface area contributed by atoms with Gasteiger partial charge in [-0.05, 0) is 29.7 Å². The van der Waals surface area contributed by atoms with Crippen LogP contribution in [0.1, 0.15) is 26.3 Å². The Bertz CT molecular complexity index is 636. The van der Waals surface area contributed by atoms with Crippen molar-refractivity contribution in [2.45, 2.75) is 31.7 Å². The second-order valence-electron chi connectivity index (χ2n) is 5.39. The number of hydrogen-bond donors (Lipinski definition) is 2. The maximum absolute atomic E-state index is 12.1. The smallest absolute Gasteiger partial charge is 0.322 e. The summed E-state index contributed by atoms with van der Waals surface area (Å²) in [5, 5.41) is 17.8. The number of carboxylic acid groups (broad SMARTS) is 1. The molecule has 6 nitrogen and oxygen atoms in total. The molecule has 0 aliphatic heterocycles. The molecular formula is C13H16N2O4S. The summed E-state index contributed by atoms with van der Waals surface area (Å²) in [4.78, 5) is 11.1. The first-order valence-electron chi connectivity index (χ1n) is 5.83. The van der Waals surface area contributed by atoms with Gasteiger partial charge in [0, 0.05) is 0 Å². The van der Waals surface area contributed by atoms with Crippen molar-refractivity contribution in [3.05, 3.63) is 29.8 Å². The van der Waals surface area contributed by atoms with Gasteiger partial charge in [-0.15, -0.1) is 0 Å². The van der Waals surface area contributed by atoms with E-state index in [1.807, 2.05) is 6.07 Å². The van der Waals surface area contributed by atoms with E-state index in [0.717, 1.165) is 0 Å². The Morgan fingerprint density at radius 1 is 1.30 bits per heavy atom. The van der Waals surface area contributed by atoms with Crippen LogP contribution in [0.25, 0.3) is 0 Å². The number of rotatable bonds is 4. The predicted octanol–water partition coefficient (Wildman–Crippen LogP) is 1.34. The zero-order chi connectivity index (χ0) is 15.6. The van der Waals surface area contributed by atoms with Gasteiger partial charge in [-0.2, -0.15) is 9.98 Å². The third-order valence-electron chi connectivity index (χ3n) is 2.68. The van der Waals surface area contributed by atoms with Gasteiger partial charge >= 0.3 is 5.97 Å². The minimum Gasteiger partial charge on any atom is -0.480 e. The fourth-order valence-corrected chi connectivity index (χ4v) is 2.92. The fourth-order valence-electron chi connectivity index (χ4n) is 1.53. The normalized spacial score (nSPS) is 13.5. The van der Waals surface area contributed by atoms with Gasteiger partial charge in [-0.25, -0.2) is 8.42 Å². The molecule has 0 aliphatic carbocycles. The first-order chi connectivity index (χ1) is 9.08. The molecule has 1 aromatic rings. The van der Waals surface area contributed by atoms with E-state index in [0.29, 0.717) is 5.56 Å². The van der Waals surface area contributed by atoms with E-state index in [1.54, 1.807) is 20.8 Å². The second kappa shape index (κ2) is 5.61. The van der Waals surface area contributed by atoms with Crippen LogP contribution in [0.3, 0.4) is 0 Å². The van der Waals surface area contributed by atoms with Crippen LogP contribution in [-0.4, -0.2) is 25.5 Å². The molecule has 0 saturated heterocycles. The van der Waals surface area contributed by atoms with Crippen LogP contribution in [0.4, 0.5) is 0 Å². The van der Waals surface area contributed by atoms with Crippen molar-refractivity contribution in [2.24, 2.45) is 5.41 Å². The van der Waals surface area contributed by atoms with Crippen LogP contribution in [0.2, 0.25) is 0 Å². The molecule has 0 spiro atoms. The second-order valence-corrected chi connectivity index (χ2v) is 7.11. The van der Waals surface area contributed by atoms with Crippen LogP contribution in [0.5, 0.6) is 0 Å². The van der Waals surface area contributed by atoms with Gasteiger partial charge in [-0.3, -0.25) is 4.79 Å². The summed E-state index contributed by atoms with van der Waals surface area (Å²) in [5.74, 6) is -1.24. The van der Waals surface area contributed by atoms with Gasteiger partial charge < -0.3 is 5.11 Å². The highest BCUT2D eigenvalue weighted by Crippen LogP contribution is 2.22. The molecule has 0 aliphatic rings. The number of carboxylic acids is 1. The molecule has 7 heteroatoms. The van der Waals surface area contributed by atoms with Crippen LogP contribution in [0.15, 0.2) is 29.2 Å². The third kappa shape index (κ3) is 3.79. The first kappa shape index (κ1) is 16.1. The highest BCUT2D eigenvalue weighted by atomic mass is 32.2. The van der Waals surface area contributed by atoms with Gasteiger partial charge in [-0.1, -0.05) is 20.8 Å². The van der Waals surface area contributed by atoms with Crippen LogP contribution >= 0.6 is 0 Å². The Hall–Kier alpha value is -1.91. The molecule has 0 heterocycles. The molecule has 1 aromatic carbocycles. The number of hydrogen-bond acceptors (Lipinski definition) is 4. The van der Waals surface area contributed by atoms with Gasteiger partial charge in [0.15, 0.2) is 0 Å². The summed E-state index contributed by atoms with van der Waals surface area (Å²) < 4.78 is 26.4.